The van der Waals surface area contributed by atoms with E-state index in [0.717, 1.165) is 5.56 Å². The van der Waals surface area contributed by atoms with Crippen molar-refractivity contribution >= 4 is 11.6 Å². The molecule has 2 aromatic carbocycles. The average Bonchev–Trinajstić information content (AvgIpc) is 2.40. The monoisotopic (exact) mass is 279 g/mol. The number of para-hydroxylation sites is 1. The summed E-state index contributed by atoms with van der Waals surface area (Å²) in [6.45, 7) is 2.34. The molecule has 0 aliphatic carbocycles. The van der Waals surface area contributed by atoms with Gasteiger partial charge in [0.25, 0.3) is 0 Å². The summed E-state index contributed by atoms with van der Waals surface area (Å²) < 4.78 is 13.2. The summed E-state index contributed by atoms with van der Waals surface area (Å²) in [6.07, 6.45) is 0. The van der Waals surface area contributed by atoms with Crippen LogP contribution >= 0.6 is 11.6 Å². The molecular formula is C15H15ClFNO. The van der Waals surface area contributed by atoms with Gasteiger partial charge in [0.15, 0.2) is 11.6 Å². The Balaban J connectivity index is 2.07. The lowest BCUT2D eigenvalue weighted by atomic mass is 10.1. The van der Waals surface area contributed by atoms with Crippen molar-refractivity contribution in [2.75, 3.05) is 0 Å². The van der Waals surface area contributed by atoms with Crippen LogP contribution in [0.5, 0.6) is 5.75 Å². The lowest BCUT2D eigenvalue weighted by molar-refractivity contribution is 0.421. The minimum Gasteiger partial charge on any atom is -0.505 e. The van der Waals surface area contributed by atoms with Gasteiger partial charge in [0.05, 0.1) is 0 Å². The number of phenolic OH excluding ortho intramolecular Hbond substituents is 1. The smallest absolute Gasteiger partial charge is 0.165 e. The van der Waals surface area contributed by atoms with E-state index in [1.54, 1.807) is 12.1 Å². The molecule has 4 heteroatoms. The lowest BCUT2D eigenvalue weighted by Gasteiger charge is -2.16. The highest BCUT2D eigenvalue weighted by Gasteiger charge is 2.11. The van der Waals surface area contributed by atoms with Crippen LogP contribution in [-0.2, 0) is 6.54 Å². The zero-order valence-corrected chi connectivity index (χ0v) is 11.3. The maximum Gasteiger partial charge on any atom is 0.165 e. The van der Waals surface area contributed by atoms with E-state index in [0.29, 0.717) is 17.1 Å². The van der Waals surface area contributed by atoms with Crippen molar-refractivity contribution in [2.45, 2.75) is 19.5 Å². The Morgan fingerprint density at radius 1 is 1.21 bits per heavy atom. The van der Waals surface area contributed by atoms with Gasteiger partial charge in [-0.1, -0.05) is 41.9 Å². The first kappa shape index (κ1) is 13.8. The first-order chi connectivity index (χ1) is 9.09. The first-order valence-electron chi connectivity index (χ1n) is 6.03. The summed E-state index contributed by atoms with van der Waals surface area (Å²) in [4.78, 5) is 0. The molecule has 0 radical (unpaired) electrons. The Morgan fingerprint density at radius 3 is 2.68 bits per heavy atom. The highest BCUT2D eigenvalue weighted by molar-refractivity contribution is 6.31. The normalized spacial score (nSPS) is 12.4. The van der Waals surface area contributed by atoms with Gasteiger partial charge in [0.1, 0.15) is 0 Å². The van der Waals surface area contributed by atoms with Crippen molar-refractivity contribution in [3.8, 4) is 5.75 Å². The number of hydrogen-bond donors (Lipinski definition) is 2. The molecule has 1 atom stereocenters. The predicted molar refractivity (Wildman–Crippen MR) is 74.8 cm³/mol. The molecule has 0 bridgehead atoms. The molecular weight excluding hydrogens is 265 g/mol. The van der Waals surface area contributed by atoms with E-state index in [4.69, 9.17) is 11.6 Å². The number of benzene rings is 2. The van der Waals surface area contributed by atoms with Gasteiger partial charge in [0, 0.05) is 23.2 Å². The molecule has 0 aliphatic rings. The van der Waals surface area contributed by atoms with Crippen molar-refractivity contribution in [2.24, 2.45) is 0 Å². The van der Waals surface area contributed by atoms with Crippen LogP contribution in [0.25, 0.3) is 0 Å². The number of hydrogen-bond acceptors (Lipinski definition) is 2. The lowest BCUT2D eigenvalue weighted by Crippen LogP contribution is -2.18. The Kier molecular flexibility index (Phi) is 4.40. The van der Waals surface area contributed by atoms with Crippen LogP contribution in [0.15, 0.2) is 42.5 Å². The molecule has 19 heavy (non-hydrogen) atoms. The molecule has 0 saturated carbocycles. The van der Waals surface area contributed by atoms with Gasteiger partial charge in [-0.25, -0.2) is 4.39 Å². The van der Waals surface area contributed by atoms with E-state index in [-0.39, 0.29) is 11.8 Å². The third kappa shape index (κ3) is 3.25. The Hall–Kier alpha value is -1.58. The third-order valence-corrected chi connectivity index (χ3v) is 3.38. The predicted octanol–water partition coefficient (Wildman–Crippen LogP) is 4.04. The maximum atomic E-state index is 13.2. The molecule has 0 aromatic heterocycles. The zero-order valence-electron chi connectivity index (χ0n) is 10.5. The van der Waals surface area contributed by atoms with Gasteiger partial charge in [-0.05, 0) is 24.6 Å². The van der Waals surface area contributed by atoms with Crippen molar-refractivity contribution in [1.82, 2.24) is 5.32 Å². The molecule has 0 aliphatic heterocycles. The summed E-state index contributed by atoms with van der Waals surface area (Å²) in [5, 5.41) is 13.5. The van der Waals surface area contributed by atoms with Gasteiger partial charge in [-0.3, -0.25) is 0 Å². The maximum absolute atomic E-state index is 13.2. The van der Waals surface area contributed by atoms with Crippen LogP contribution < -0.4 is 5.32 Å². The van der Waals surface area contributed by atoms with Crippen molar-refractivity contribution in [3.05, 3.63) is 64.4 Å². The molecule has 0 saturated heterocycles. The number of nitrogens with one attached hydrogen (secondary N) is 1. The first-order valence-corrected chi connectivity index (χ1v) is 6.41. The fraction of sp³-hybridized carbons (Fsp3) is 0.200. The van der Waals surface area contributed by atoms with Crippen molar-refractivity contribution in [1.29, 1.82) is 0 Å². The minimum atomic E-state index is -0.607. The van der Waals surface area contributed by atoms with Gasteiger partial charge >= 0.3 is 0 Å². The van der Waals surface area contributed by atoms with E-state index >= 15 is 0 Å². The topological polar surface area (TPSA) is 32.3 Å². The minimum absolute atomic E-state index is 0.0105. The summed E-state index contributed by atoms with van der Waals surface area (Å²) >= 11 is 6.11. The summed E-state index contributed by atoms with van der Waals surface area (Å²) in [5.74, 6) is -0.911. The zero-order chi connectivity index (χ0) is 13.8. The molecule has 2 rings (SSSR count). The Labute approximate surface area is 116 Å². The van der Waals surface area contributed by atoms with Gasteiger partial charge < -0.3 is 10.4 Å². The molecule has 2 aromatic rings. The fourth-order valence-corrected chi connectivity index (χ4v) is 2.20. The van der Waals surface area contributed by atoms with Crippen LogP contribution in [-0.4, -0.2) is 5.11 Å². The highest BCUT2D eigenvalue weighted by atomic mass is 35.5. The van der Waals surface area contributed by atoms with E-state index in [9.17, 15) is 9.50 Å². The SMILES string of the molecule is CC(NCc1cccc(F)c1O)c1ccccc1Cl. The van der Waals surface area contributed by atoms with E-state index in [1.807, 2.05) is 31.2 Å². The second-order valence-electron chi connectivity index (χ2n) is 4.37. The quantitative estimate of drug-likeness (QED) is 0.885. The fourth-order valence-electron chi connectivity index (χ4n) is 1.90. The largest absolute Gasteiger partial charge is 0.505 e. The standard InChI is InChI=1S/C15H15ClFNO/c1-10(12-6-2-3-7-13(12)16)18-9-11-5-4-8-14(17)15(11)19/h2-8,10,18-19H,9H2,1H3. The van der Waals surface area contributed by atoms with Crippen LogP contribution in [0.3, 0.4) is 0 Å². The van der Waals surface area contributed by atoms with Crippen LogP contribution in [0.2, 0.25) is 5.02 Å². The third-order valence-electron chi connectivity index (χ3n) is 3.04. The van der Waals surface area contributed by atoms with Crippen LogP contribution in [0, 0.1) is 5.82 Å². The summed E-state index contributed by atoms with van der Waals surface area (Å²) in [6, 6.07) is 12.1. The number of aromatic hydroxyl groups is 1. The second kappa shape index (κ2) is 6.04. The molecule has 0 heterocycles. The second-order valence-corrected chi connectivity index (χ2v) is 4.78. The van der Waals surface area contributed by atoms with Gasteiger partial charge in [-0.2, -0.15) is 0 Å². The molecule has 100 valence electrons. The van der Waals surface area contributed by atoms with E-state index < -0.39 is 5.82 Å². The van der Waals surface area contributed by atoms with Gasteiger partial charge in [-0.15, -0.1) is 0 Å². The average molecular weight is 280 g/mol. The van der Waals surface area contributed by atoms with E-state index in [2.05, 4.69) is 5.32 Å². The molecule has 1 unspecified atom stereocenters. The summed E-state index contributed by atoms with van der Waals surface area (Å²) in [7, 11) is 0. The van der Waals surface area contributed by atoms with Crippen LogP contribution in [0.1, 0.15) is 24.1 Å². The number of halogens is 2. The summed E-state index contributed by atoms with van der Waals surface area (Å²) in [5.41, 5.74) is 1.50. The number of rotatable bonds is 4. The highest BCUT2D eigenvalue weighted by Crippen LogP contribution is 2.24. The Morgan fingerprint density at radius 2 is 1.95 bits per heavy atom. The number of phenols is 1. The van der Waals surface area contributed by atoms with E-state index in [1.165, 1.54) is 6.07 Å². The molecule has 2 N–H and O–H groups in total. The van der Waals surface area contributed by atoms with Crippen molar-refractivity contribution < 1.29 is 9.50 Å². The van der Waals surface area contributed by atoms with Crippen LogP contribution in [0.4, 0.5) is 4.39 Å². The molecule has 0 amide bonds. The molecule has 0 fully saturated rings. The van der Waals surface area contributed by atoms with Gasteiger partial charge in [0.2, 0.25) is 0 Å². The molecule has 0 spiro atoms. The van der Waals surface area contributed by atoms with Crippen molar-refractivity contribution in [3.63, 3.8) is 0 Å². The molecule has 2 nitrogen and oxygen atoms in total. The Bertz CT molecular complexity index is 574.